The Balaban J connectivity index is 1.69. The van der Waals surface area contributed by atoms with Gasteiger partial charge in [0.1, 0.15) is 6.29 Å². The number of alkyl halides is 7. The summed E-state index contributed by atoms with van der Waals surface area (Å²) in [6.07, 6.45) is -5.35. The summed E-state index contributed by atoms with van der Waals surface area (Å²) >= 11 is 0. The highest BCUT2D eigenvalue weighted by atomic mass is 19.4. The first-order valence-corrected chi connectivity index (χ1v) is 12.4. The molecule has 2 aromatic carbocycles. The molecule has 0 amide bonds. The van der Waals surface area contributed by atoms with Crippen molar-refractivity contribution < 1.29 is 39.9 Å². The van der Waals surface area contributed by atoms with Gasteiger partial charge in [-0.25, -0.2) is 0 Å². The number of piperidine rings is 1. The molecule has 1 fully saturated rings. The van der Waals surface area contributed by atoms with E-state index in [0.717, 1.165) is 6.29 Å². The predicted molar refractivity (Wildman–Crippen MR) is 128 cm³/mol. The first-order chi connectivity index (χ1) is 18.4. The molecule has 1 saturated heterocycles. The van der Waals surface area contributed by atoms with Gasteiger partial charge in [0.25, 0.3) is 0 Å². The number of aromatic amines is 1. The van der Waals surface area contributed by atoms with E-state index in [0.29, 0.717) is 31.6 Å². The lowest BCUT2D eigenvalue weighted by atomic mass is 9.85. The summed E-state index contributed by atoms with van der Waals surface area (Å²) < 4.78 is 113. The second kappa shape index (κ2) is 9.63. The van der Waals surface area contributed by atoms with Gasteiger partial charge in [-0.1, -0.05) is 18.2 Å². The van der Waals surface area contributed by atoms with E-state index in [2.05, 4.69) is 10.2 Å². The molecule has 0 radical (unpaired) electrons. The number of halogens is 8. The fourth-order valence-corrected chi connectivity index (χ4v) is 5.51. The number of hydrogen-bond acceptors (Lipinski definition) is 3. The first-order valence-electron chi connectivity index (χ1n) is 12.4. The molecule has 39 heavy (non-hydrogen) atoms. The third-order valence-electron chi connectivity index (χ3n) is 7.59. The lowest BCUT2D eigenvalue weighted by Gasteiger charge is -2.32. The number of hydrogen-bond donors (Lipinski definition) is 1. The Bertz CT molecular complexity index is 1420. The minimum absolute atomic E-state index is 0.000537. The maximum atomic E-state index is 15.3. The highest BCUT2D eigenvalue weighted by Crippen LogP contribution is 2.54. The van der Waals surface area contributed by atoms with Crippen LogP contribution in [0.1, 0.15) is 42.4 Å². The van der Waals surface area contributed by atoms with Crippen LogP contribution in [0.15, 0.2) is 42.0 Å². The zero-order chi connectivity index (χ0) is 28.2. The van der Waals surface area contributed by atoms with Crippen LogP contribution in [-0.4, -0.2) is 47.6 Å². The number of allylic oxidation sites excluding steroid dienone is 1. The smallest absolute Gasteiger partial charge is 0.371 e. The second-order valence-electron chi connectivity index (χ2n) is 9.88. The first kappa shape index (κ1) is 27.1. The highest BCUT2D eigenvalue weighted by molar-refractivity contribution is 5.93. The fraction of sp³-hybridized carbons (Fsp3) is 0.407. The molecule has 5 rings (SSSR count). The standard InChI is InChI=1S/C27H23F8N3O/c28-24-23-18-2-1-3-20(25(29,30)26(31,32)27(33,34)35)22(19(18)8-9-21(23)36-37-24)16-4-6-17(7-5-16)38-12-10-15(14-39)11-13-38/h4-9,14-15H,1-3,10-13H2,(H,36,37). The van der Waals surface area contributed by atoms with Gasteiger partial charge in [-0.3, -0.25) is 5.10 Å². The van der Waals surface area contributed by atoms with Gasteiger partial charge in [0.2, 0.25) is 5.95 Å². The summed E-state index contributed by atoms with van der Waals surface area (Å²) in [5.41, 5.74) is -0.821. The molecule has 0 spiro atoms. The largest absolute Gasteiger partial charge is 0.460 e. The van der Waals surface area contributed by atoms with E-state index in [1.165, 1.54) is 24.3 Å². The molecular formula is C27H23F8N3O. The fourth-order valence-electron chi connectivity index (χ4n) is 5.51. The third-order valence-corrected chi connectivity index (χ3v) is 7.59. The van der Waals surface area contributed by atoms with E-state index < -0.39 is 41.5 Å². The van der Waals surface area contributed by atoms with Gasteiger partial charge in [0.15, 0.2) is 0 Å². The van der Waals surface area contributed by atoms with E-state index in [-0.39, 0.29) is 46.4 Å². The average molecular weight is 557 g/mol. The van der Waals surface area contributed by atoms with Crippen molar-refractivity contribution in [1.82, 2.24) is 10.2 Å². The molecule has 1 N–H and O–H groups in total. The number of anilines is 1. The van der Waals surface area contributed by atoms with Crippen LogP contribution < -0.4 is 4.90 Å². The summed E-state index contributed by atoms with van der Waals surface area (Å²) in [5.74, 6) is -12.8. The van der Waals surface area contributed by atoms with E-state index in [1.807, 2.05) is 4.90 Å². The lowest BCUT2D eigenvalue weighted by Crippen LogP contribution is -2.53. The van der Waals surface area contributed by atoms with Gasteiger partial charge in [0.05, 0.1) is 10.9 Å². The summed E-state index contributed by atoms with van der Waals surface area (Å²) in [5, 5.41) is 5.95. The number of aldehydes is 1. The number of aromatic nitrogens is 2. The van der Waals surface area contributed by atoms with Crippen molar-refractivity contribution in [3.8, 4) is 0 Å². The van der Waals surface area contributed by atoms with Crippen LogP contribution in [0.25, 0.3) is 16.5 Å². The van der Waals surface area contributed by atoms with E-state index in [9.17, 15) is 31.1 Å². The molecule has 1 aliphatic carbocycles. The molecule has 208 valence electrons. The molecule has 2 aliphatic rings. The Kier molecular flexibility index (Phi) is 6.70. The number of fused-ring (bicyclic) bond motifs is 3. The van der Waals surface area contributed by atoms with Gasteiger partial charge >= 0.3 is 18.0 Å². The van der Waals surface area contributed by atoms with Gasteiger partial charge in [-0.2, -0.15) is 40.2 Å². The normalized spacial score (nSPS) is 17.9. The Morgan fingerprint density at radius 2 is 1.59 bits per heavy atom. The Hall–Kier alpha value is -3.44. The van der Waals surface area contributed by atoms with Crippen molar-refractivity contribution in [3.63, 3.8) is 0 Å². The molecule has 0 atom stereocenters. The van der Waals surface area contributed by atoms with Crippen molar-refractivity contribution in [2.45, 2.75) is 50.1 Å². The quantitative estimate of drug-likeness (QED) is 0.269. The number of carbonyl (C=O) groups excluding carboxylic acids is 1. The van der Waals surface area contributed by atoms with Crippen LogP contribution in [-0.2, 0) is 11.2 Å². The van der Waals surface area contributed by atoms with Gasteiger partial charge in [0, 0.05) is 30.3 Å². The molecule has 0 saturated carbocycles. The lowest BCUT2D eigenvalue weighted by molar-refractivity contribution is -0.344. The van der Waals surface area contributed by atoms with Gasteiger partial charge in [-0.05, 0) is 72.6 Å². The molecule has 0 unspecified atom stereocenters. The SMILES string of the molecule is O=CC1CCN(c2ccc(C3=C(C(F)(F)C(F)(F)C(F)(F)F)CCCc4c3ccc3n[nH]c(F)c43)cc2)CC1. The molecule has 12 heteroatoms. The minimum atomic E-state index is -6.50. The Morgan fingerprint density at radius 1 is 0.923 bits per heavy atom. The molecule has 2 heterocycles. The number of benzene rings is 2. The third kappa shape index (κ3) is 4.47. The maximum Gasteiger partial charge on any atom is 0.460 e. The summed E-state index contributed by atoms with van der Waals surface area (Å²) in [6, 6.07) is 8.54. The Labute approximate surface area is 217 Å². The van der Waals surface area contributed by atoms with E-state index in [1.54, 1.807) is 12.1 Å². The number of carbonyl (C=O) groups is 1. The molecule has 1 aromatic heterocycles. The van der Waals surface area contributed by atoms with E-state index >= 15 is 8.78 Å². The van der Waals surface area contributed by atoms with Gasteiger partial charge in [-0.15, -0.1) is 0 Å². The molecule has 1 aliphatic heterocycles. The number of H-pyrrole nitrogens is 1. The van der Waals surface area contributed by atoms with Crippen molar-refractivity contribution in [3.05, 3.63) is 64.6 Å². The topological polar surface area (TPSA) is 49.0 Å². The summed E-state index contributed by atoms with van der Waals surface area (Å²) in [7, 11) is 0. The molecule has 3 aromatic rings. The minimum Gasteiger partial charge on any atom is -0.371 e. The molecular weight excluding hydrogens is 534 g/mol. The van der Waals surface area contributed by atoms with Crippen molar-refractivity contribution >= 4 is 28.4 Å². The number of nitrogens with zero attached hydrogens (tertiary/aromatic N) is 2. The van der Waals surface area contributed by atoms with Crippen molar-refractivity contribution in [2.75, 3.05) is 18.0 Å². The molecule has 0 bridgehead atoms. The highest BCUT2D eigenvalue weighted by Gasteiger charge is 2.74. The zero-order valence-corrected chi connectivity index (χ0v) is 20.4. The average Bonchev–Trinajstić information content (AvgIpc) is 3.17. The van der Waals surface area contributed by atoms with E-state index in [4.69, 9.17) is 0 Å². The number of nitrogens with one attached hydrogen (secondary N) is 1. The Morgan fingerprint density at radius 3 is 2.21 bits per heavy atom. The zero-order valence-electron chi connectivity index (χ0n) is 20.4. The van der Waals surface area contributed by atoms with Crippen LogP contribution >= 0.6 is 0 Å². The van der Waals surface area contributed by atoms with Crippen LogP contribution in [0.3, 0.4) is 0 Å². The number of aryl methyl sites for hydroxylation is 1. The summed E-state index contributed by atoms with van der Waals surface area (Å²) in [4.78, 5) is 13.0. The molecule has 4 nitrogen and oxygen atoms in total. The van der Waals surface area contributed by atoms with Crippen molar-refractivity contribution in [2.24, 2.45) is 5.92 Å². The monoisotopic (exact) mass is 557 g/mol. The van der Waals surface area contributed by atoms with Crippen LogP contribution in [0.2, 0.25) is 0 Å². The van der Waals surface area contributed by atoms with Crippen molar-refractivity contribution in [1.29, 1.82) is 0 Å². The van der Waals surface area contributed by atoms with Crippen LogP contribution in [0, 0.1) is 11.9 Å². The van der Waals surface area contributed by atoms with Gasteiger partial charge < -0.3 is 9.69 Å². The summed E-state index contributed by atoms with van der Waals surface area (Å²) in [6.45, 7) is 1.13. The number of rotatable bonds is 5. The van der Waals surface area contributed by atoms with Crippen LogP contribution in [0.5, 0.6) is 0 Å². The second-order valence-corrected chi connectivity index (χ2v) is 9.88. The van der Waals surface area contributed by atoms with Crippen LogP contribution in [0.4, 0.5) is 40.8 Å². The predicted octanol–water partition coefficient (Wildman–Crippen LogP) is 7.09. The maximum absolute atomic E-state index is 15.3.